The maximum Gasteiger partial charge on any atom is 0.251 e. The highest BCUT2D eigenvalue weighted by atomic mass is 19.1. The van der Waals surface area contributed by atoms with Crippen molar-refractivity contribution in [1.29, 1.82) is 0 Å². The lowest BCUT2D eigenvalue weighted by Gasteiger charge is -2.21. The summed E-state index contributed by atoms with van der Waals surface area (Å²) in [5.74, 6) is -0.905. The maximum absolute atomic E-state index is 13.0. The van der Waals surface area contributed by atoms with Crippen molar-refractivity contribution in [3.05, 3.63) is 65.5 Å². The van der Waals surface area contributed by atoms with Crippen LogP contribution in [0.4, 0.5) is 10.1 Å². The van der Waals surface area contributed by atoms with Gasteiger partial charge in [-0.05, 0) is 42.8 Å². The number of hydrogen-bond acceptors (Lipinski definition) is 3. The van der Waals surface area contributed by atoms with Crippen LogP contribution in [0.5, 0.6) is 0 Å². The van der Waals surface area contributed by atoms with Gasteiger partial charge in [-0.3, -0.25) is 9.59 Å². The van der Waals surface area contributed by atoms with Crippen LogP contribution in [0.2, 0.25) is 0 Å². The van der Waals surface area contributed by atoms with Gasteiger partial charge < -0.3 is 15.7 Å². The van der Waals surface area contributed by atoms with E-state index in [2.05, 4.69) is 10.6 Å². The standard InChI is InChI=1S/C19H21FN2O3/c1-3-17(23)22-16-6-4-5-14(11-16)19(25)21-12(2)18(24)13-7-9-15(20)10-8-13/h4-12,18,24H,3H2,1-2H3,(H,21,25)(H,22,23). The third-order valence-corrected chi connectivity index (χ3v) is 3.77. The first-order valence-corrected chi connectivity index (χ1v) is 8.05. The molecule has 2 amide bonds. The first-order chi connectivity index (χ1) is 11.9. The van der Waals surface area contributed by atoms with Crippen LogP contribution in [0.25, 0.3) is 0 Å². The molecule has 132 valence electrons. The van der Waals surface area contributed by atoms with Crippen molar-refractivity contribution in [2.45, 2.75) is 32.4 Å². The van der Waals surface area contributed by atoms with E-state index in [1.54, 1.807) is 38.1 Å². The highest BCUT2D eigenvalue weighted by Gasteiger charge is 2.19. The summed E-state index contributed by atoms with van der Waals surface area (Å²) in [5, 5.41) is 15.7. The molecule has 25 heavy (non-hydrogen) atoms. The molecule has 0 radical (unpaired) electrons. The number of carbonyl (C=O) groups is 2. The van der Waals surface area contributed by atoms with Crippen LogP contribution >= 0.6 is 0 Å². The Labute approximate surface area is 145 Å². The molecule has 0 saturated heterocycles. The summed E-state index contributed by atoms with van der Waals surface area (Å²) in [6, 6.07) is 11.4. The van der Waals surface area contributed by atoms with Crippen LogP contribution in [-0.4, -0.2) is 23.0 Å². The van der Waals surface area contributed by atoms with E-state index in [-0.39, 0.29) is 11.8 Å². The number of aliphatic hydroxyl groups excluding tert-OH is 1. The third kappa shape index (κ3) is 5.12. The molecule has 2 atom stereocenters. The minimum Gasteiger partial charge on any atom is -0.386 e. The largest absolute Gasteiger partial charge is 0.386 e. The zero-order valence-electron chi connectivity index (χ0n) is 14.1. The van der Waals surface area contributed by atoms with E-state index in [1.165, 1.54) is 24.3 Å². The fourth-order valence-corrected chi connectivity index (χ4v) is 2.31. The van der Waals surface area contributed by atoms with Crippen LogP contribution in [0.3, 0.4) is 0 Å². The zero-order chi connectivity index (χ0) is 18.4. The summed E-state index contributed by atoms with van der Waals surface area (Å²) in [6.45, 7) is 3.40. The molecule has 5 nitrogen and oxygen atoms in total. The van der Waals surface area contributed by atoms with Crippen molar-refractivity contribution in [1.82, 2.24) is 5.32 Å². The Balaban J connectivity index is 2.04. The SMILES string of the molecule is CCC(=O)Nc1cccc(C(=O)NC(C)C(O)c2ccc(F)cc2)c1. The van der Waals surface area contributed by atoms with Crippen LogP contribution in [0, 0.1) is 5.82 Å². The van der Waals surface area contributed by atoms with Gasteiger partial charge in [-0.1, -0.05) is 25.1 Å². The summed E-state index contributed by atoms with van der Waals surface area (Å²) in [4.78, 5) is 23.8. The summed E-state index contributed by atoms with van der Waals surface area (Å²) >= 11 is 0. The van der Waals surface area contributed by atoms with Crippen LogP contribution in [-0.2, 0) is 4.79 Å². The minimum atomic E-state index is -0.965. The van der Waals surface area contributed by atoms with Gasteiger partial charge in [0.2, 0.25) is 5.91 Å². The molecule has 6 heteroatoms. The van der Waals surface area contributed by atoms with Crippen molar-refractivity contribution in [3.8, 4) is 0 Å². The normalized spacial score (nSPS) is 13.0. The summed E-state index contributed by atoms with van der Waals surface area (Å²) < 4.78 is 13.0. The molecule has 2 aromatic rings. The Kier molecular flexibility index (Phi) is 6.25. The number of aliphatic hydroxyl groups is 1. The van der Waals surface area contributed by atoms with Crippen LogP contribution in [0.1, 0.15) is 42.3 Å². The Morgan fingerprint density at radius 1 is 1.16 bits per heavy atom. The van der Waals surface area contributed by atoms with Gasteiger partial charge in [0.15, 0.2) is 0 Å². The van der Waals surface area contributed by atoms with Gasteiger partial charge in [-0.2, -0.15) is 0 Å². The second-order valence-electron chi connectivity index (χ2n) is 5.74. The molecule has 0 heterocycles. The molecule has 2 rings (SSSR count). The average molecular weight is 344 g/mol. The Morgan fingerprint density at radius 2 is 1.84 bits per heavy atom. The Bertz CT molecular complexity index is 747. The number of hydrogen-bond donors (Lipinski definition) is 3. The summed E-state index contributed by atoms with van der Waals surface area (Å²) in [7, 11) is 0. The highest BCUT2D eigenvalue weighted by Crippen LogP contribution is 2.18. The maximum atomic E-state index is 13.0. The molecule has 0 bridgehead atoms. The Morgan fingerprint density at radius 3 is 2.48 bits per heavy atom. The second kappa shape index (κ2) is 8.39. The number of anilines is 1. The molecule has 0 aromatic heterocycles. The van der Waals surface area contributed by atoms with Crippen LogP contribution < -0.4 is 10.6 Å². The van der Waals surface area contributed by atoms with E-state index in [4.69, 9.17) is 0 Å². The van der Waals surface area contributed by atoms with Gasteiger partial charge in [0.25, 0.3) is 5.91 Å². The lowest BCUT2D eigenvalue weighted by molar-refractivity contribution is -0.115. The summed E-state index contributed by atoms with van der Waals surface area (Å²) in [6.07, 6.45) is -0.621. The van der Waals surface area contributed by atoms with E-state index < -0.39 is 18.0 Å². The second-order valence-corrected chi connectivity index (χ2v) is 5.74. The molecule has 2 aromatic carbocycles. The molecular weight excluding hydrogens is 323 g/mol. The predicted molar refractivity (Wildman–Crippen MR) is 93.7 cm³/mol. The van der Waals surface area contributed by atoms with Crippen molar-refractivity contribution in [2.24, 2.45) is 0 Å². The monoisotopic (exact) mass is 344 g/mol. The number of nitrogens with one attached hydrogen (secondary N) is 2. The van der Waals surface area contributed by atoms with Gasteiger partial charge in [0.1, 0.15) is 5.82 Å². The minimum absolute atomic E-state index is 0.141. The molecular formula is C19H21FN2O3. The predicted octanol–water partition coefficient (Wildman–Crippen LogP) is 3.03. The van der Waals surface area contributed by atoms with Crippen molar-refractivity contribution in [3.63, 3.8) is 0 Å². The fourth-order valence-electron chi connectivity index (χ4n) is 2.31. The van der Waals surface area contributed by atoms with Crippen molar-refractivity contribution in [2.75, 3.05) is 5.32 Å². The number of benzene rings is 2. The van der Waals surface area contributed by atoms with E-state index in [1.807, 2.05) is 0 Å². The van der Waals surface area contributed by atoms with Gasteiger partial charge >= 0.3 is 0 Å². The number of amides is 2. The lowest BCUT2D eigenvalue weighted by atomic mass is 10.0. The Hall–Kier alpha value is -2.73. The number of halogens is 1. The lowest BCUT2D eigenvalue weighted by Crippen LogP contribution is -2.37. The quantitative estimate of drug-likeness (QED) is 0.754. The summed E-state index contributed by atoms with van der Waals surface area (Å²) in [5.41, 5.74) is 1.41. The van der Waals surface area contributed by atoms with E-state index in [0.29, 0.717) is 23.2 Å². The van der Waals surface area contributed by atoms with E-state index in [9.17, 15) is 19.1 Å². The molecule has 3 N–H and O–H groups in total. The van der Waals surface area contributed by atoms with Gasteiger partial charge in [0.05, 0.1) is 12.1 Å². The fraction of sp³-hybridized carbons (Fsp3) is 0.263. The first kappa shape index (κ1) is 18.6. The van der Waals surface area contributed by atoms with Gasteiger partial charge in [-0.25, -0.2) is 4.39 Å². The van der Waals surface area contributed by atoms with Crippen molar-refractivity contribution < 1.29 is 19.1 Å². The van der Waals surface area contributed by atoms with E-state index in [0.717, 1.165) is 0 Å². The smallest absolute Gasteiger partial charge is 0.251 e. The molecule has 0 fully saturated rings. The average Bonchev–Trinajstić information content (AvgIpc) is 2.61. The first-order valence-electron chi connectivity index (χ1n) is 8.05. The van der Waals surface area contributed by atoms with Gasteiger partial charge in [0, 0.05) is 17.7 Å². The molecule has 0 aliphatic rings. The van der Waals surface area contributed by atoms with E-state index >= 15 is 0 Å². The third-order valence-electron chi connectivity index (χ3n) is 3.77. The topological polar surface area (TPSA) is 78.4 Å². The molecule has 2 unspecified atom stereocenters. The molecule has 0 aliphatic carbocycles. The van der Waals surface area contributed by atoms with Crippen LogP contribution in [0.15, 0.2) is 48.5 Å². The molecule has 0 spiro atoms. The van der Waals surface area contributed by atoms with Gasteiger partial charge in [-0.15, -0.1) is 0 Å². The highest BCUT2D eigenvalue weighted by molar-refractivity contribution is 5.97. The number of carbonyl (C=O) groups excluding carboxylic acids is 2. The molecule has 0 saturated carbocycles. The molecule has 0 aliphatic heterocycles. The van der Waals surface area contributed by atoms with Crippen molar-refractivity contribution >= 4 is 17.5 Å². The zero-order valence-corrected chi connectivity index (χ0v) is 14.1. The number of rotatable bonds is 6.